The lowest BCUT2D eigenvalue weighted by Crippen LogP contribution is -2.01. The SMILES string of the molecule is c1ccc(-c2nc(-c3ccccc3)nc(-c3ccccc3-c3cccc(-n4c5ccccc5c5c4ccc4c6ccccc6n(-c6ccccc6)c45)c3)n2)cc1. The normalized spacial score (nSPS) is 11.6. The summed E-state index contributed by atoms with van der Waals surface area (Å²) in [5, 5.41) is 4.93. The summed E-state index contributed by atoms with van der Waals surface area (Å²) in [7, 11) is 0. The van der Waals surface area contributed by atoms with Gasteiger partial charge in [0.2, 0.25) is 0 Å². The average Bonchev–Trinajstić information content (AvgIpc) is 3.80. The second-order valence-electron chi connectivity index (χ2n) is 14.0. The fourth-order valence-electron chi connectivity index (χ4n) is 8.30. The van der Waals surface area contributed by atoms with Crippen molar-refractivity contribution in [3.8, 4) is 56.7 Å². The van der Waals surface area contributed by atoms with Crippen LogP contribution in [0.1, 0.15) is 0 Å². The lowest BCUT2D eigenvalue weighted by molar-refractivity contribution is 1.07. The van der Waals surface area contributed by atoms with Gasteiger partial charge in [-0.15, -0.1) is 0 Å². The van der Waals surface area contributed by atoms with Crippen molar-refractivity contribution in [1.29, 1.82) is 0 Å². The first kappa shape index (κ1) is 31.9. The van der Waals surface area contributed by atoms with Gasteiger partial charge in [-0.05, 0) is 53.6 Å². The third-order valence-electron chi connectivity index (χ3n) is 10.8. The van der Waals surface area contributed by atoms with Crippen LogP contribution >= 0.6 is 0 Å². The van der Waals surface area contributed by atoms with Gasteiger partial charge in [0.25, 0.3) is 0 Å². The lowest BCUT2D eigenvalue weighted by Gasteiger charge is -2.14. The van der Waals surface area contributed by atoms with E-state index < -0.39 is 0 Å². The summed E-state index contributed by atoms with van der Waals surface area (Å²) in [4.78, 5) is 15.1. The molecule has 0 saturated carbocycles. The van der Waals surface area contributed by atoms with Gasteiger partial charge < -0.3 is 9.13 Å². The molecule has 262 valence electrons. The second kappa shape index (κ2) is 13.0. The van der Waals surface area contributed by atoms with Gasteiger partial charge in [0.1, 0.15) is 0 Å². The number of hydrogen-bond donors (Lipinski definition) is 0. The second-order valence-corrected chi connectivity index (χ2v) is 14.0. The van der Waals surface area contributed by atoms with E-state index in [-0.39, 0.29) is 0 Å². The number of rotatable bonds is 6. The minimum atomic E-state index is 0.631. The standard InChI is InChI=1S/C51H33N5/c1-4-17-34(18-5-1)49-52-50(35-19-6-2-7-20-35)54-51(53-49)42-27-11-10-25-39(42)36-21-16-24-38(33-36)55-45-30-15-13-28-43(45)47-46(55)32-31-41-40-26-12-14-29-44(40)56(48(41)47)37-22-8-3-9-23-37/h1-33H. The van der Waals surface area contributed by atoms with E-state index in [0.717, 1.165) is 50.2 Å². The molecule has 11 aromatic rings. The highest BCUT2D eigenvalue weighted by atomic mass is 15.0. The Bertz CT molecular complexity index is 3180. The van der Waals surface area contributed by atoms with Crippen LogP contribution in [0.4, 0.5) is 0 Å². The van der Waals surface area contributed by atoms with Gasteiger partial charge >= 0.3 is 0 Å². The van der Waals surface area contributed by atoms with E-state index in [9.17, 15) is 0 Å². The fourth-order valence-corrected chi connectivity index (χ4v) is 8.30. The van der Waals surface area contributed by atoms with Gasteiger partial charge in [-0.25, -0.2) is 15.0 Å². The van der Waals surface area contributed by atoms with Crippen molar-refractivity contribution in [3.05, 3.63) is 200 Å². The van der Waals surface area contributed by atoms with Gasteiger partial charge in [-0.3, -0.25) is 0 Å². The largest absolute Gasteiger partial charge is 0.309 e. The Labute approximate surface area is 323 Å². The maximum Gasteiger partial charge on any atom is 0.164 e. The van der Waals surface area contributed by atoms with Crippen LogP contribution in [-0.4, -0.2) is 24.1 Å². The van der Waals surface area contributed by atoms with E-state index in [1.807, 2.05) is 60.7 Å². The van der Waals surface area contributed by atoms with Crippen LogP contribution < -0.4 is 0 Å². The Kier molecular flexibility index (Phi) is 7.42. The highest BCUT2D eigenvalue weighted by molar-refractivity contribution is 6.26. The Morgan fingerprint density at radius 2 is 0.821 bits per heavy atom. The molecule has 0 atom stereocenters. The molecule has 0 spiro atoms. The third-order valence-corrected chi connectivity index (χ3v) is 10.8. The smallest absolute Gasteiger partial charge is 0.164 e. The molecular formula is C51H33N5. The molecule has 11 rings (SSSR count). The van der Waals surface area contributed by atoms with Crippen LogP contribution in [0.3, 0.4) is 0 Å². The summed E-state index contributed by atoms with van der Waals surface area (Å²) in [5.41, 5.74) is 11.9. The summed E-state index contributed by atoms with van der Waals surface area (Å²) >= 11 is 0. The predicted octanol–water partition coefficient (Wildman–Crippen LogP) is 12.7. The molecular weight excluding hydrogens is 683 g/mol. The Morgan fingerprint density at radius 3 is 1.52 bits per heavy atom. The van der Waals surface area contributed by atoms with E-state index in [1.54, 1.807) is 0 Å². The van der Waals surface area contributed by atoms with E-state index in [0.29, 0.717) is 17.5 Å². The van der Waals surface area contributed by atoms with Gasteiger partial charge in [0, 0.05) is 49.6 Å². The number of hydrogen-bond acceptors (Lipinski definition) is 3. The molecule has 3 heterocycles. The molecule has 0 aliphatic rings. The Morgan fingerprint density at radius 1 is 0.304 bits per heavy atom. The van der Waals surface area contributed by atoms with E-state index in [1.165, 1.54) is 32.6 Å². The van der Waals surface area contributed by atoms with Crippen molar-refractivity contribution in [2.24, 2.45) is 0 Å². The van der Waals surface area contributed by atoms with Crippen LogP contribution in [0.15, 0.2) is 200 Å². The first-order valence-corrected chi connectivity index (χ1v) is 18.9. The quantitative estimate of drug-likeness (QED) is 0.172. The molecule has 3 aromatic heterocycles. The van der Waals surface area contributed by atoms with Crippen LogP contribution in [0.5, 0.6) is 0 Å². The summed E-state index contributed by atoms with van der Waals surface area (Å²) < 4.78 is 4.84. The lowest BCUT2D eigenvalue weighted by atomic mass is 9.98. The van der Waals surface area contributed by atoms with Crippen LogP contribution in [-0.2, 0) is 0 Å². The van der Waals surface area contributed by atoms with Gasteiger partial charge in [-0.2, -0.15) is 0 Å². The molecule has 0 bridgehead atoms. The first-order valence-electron chi connectivity index (χ1n) is 18.9. The number of aromatic nitrogens is 5. The zero-order chi connectivity index (χ0) is 37.0. The zero-order valence-electron chi connectivity index (χ0n) is 30.3. The zero-order valence-corrected chi connectivity index (χ0v) is 30.3. The topological polar surface area (TPSA) is 48.5 Å². The number of fused-ring (bicyclic) bond motifs is 7. The Balaban J connectivity index is 1.13. The van der Waals surface area contributed by atoms with Crippen molar-refractivity contribution in [1.82, 2.24) is 24.1 Å². The van der Waals surface area contributed by atoms with Crippen molar-refractivity contribution in [2.45, 2.75) is 0 Å². The molecule has 5 nitrogen and oxygen atoms in total. The van der Waals surface area contributed by atoms with Crippen molar-refractivity contribution in [2.75, 3.05) is 0 Å². The molecule has 8 aromatic carbocycles. The highest BCUT2D eigenvalue weighted by Gasteiger charge is 2.21. The summed E-state index contributed by atoms with van der Waals surface area (Å²) in [6.07, 6.45) is 0. The molecule has 0 fully saturated rings. The number of para-hydroxylation sites is 3. The van der Waals surface area contributed by atoms with Gasteiger partial charge in [0.15, 0.2) is 17.5 Å². The minimum absolute atomic E-state index is 0.631. The van der Waals surface area contributed by atoms with Crippen molar-refractivity contribution < 1.29 is 0 Å². The molecule has 0 N–H and O–H groups in total. The van der Waals surface area contributed by atoms with Gasteiger partial charge in [0.05, 0.1) is 22.1 Å². The highest BCUT2D eigenvalue weighted by Crippen LogP contribution is 2.42. The maximum atomic E-state index is 5.09. The molecule has 56 heavy (non-hydrogen) atoms. The predicted molar refractivity (Wildman–Crippen MR) is 230 cm³/mol. The first-order chi connectivity index (χ1) is 27.8. The number of benzene rings is 8. The van der Waals surface area contributed by atoms with Crippen molar-refractivity contribution in [3.63, 3.8) is 0 Å². The van der Waals surface area contributed by atoms with Gasteiger partial charge in [-0.1, -0.05) is 158 Å². The van der Waals surface area contributed by atoms with E-state index >= 15 is 0 Å². The average molecular weight is 716 g/mol. The summed E-state index contributed by atoms with van der Waals surface area (Å²) in [6.45, 7) is 0. The summed E-state index contributed by atoms with van der Waals surface area (Å²) in [5.74, 6) is 1.91. The monoisotopic (exact) mass is 715 g/mol. The molecule has 0 saturated heterocycles. The van der Waals surface area contributed by atoms with Crippen LogP contribution in [0.25, 0.3) is 100 Å². The van der Waals surface area contributed by atoms with Crippen molar-refractivity contribution >= 4 is 43.6 Å². The third kappa shape index (κ3) is 5.13. The molecule has 0 amide bonds. The molecule has 0 aliphatic carbocycles. The fraction of sp³-hybridized carbons (Fsp3) is 0. The number of nitrogens with zero attached hydrogens (tertiary/aromatic N) is 5. The van der Waals surface area contributed by atoms with Crippen LogP contribution in [0, 0.1) is 0 Å². The Hall–Kier alpha value is -7.63. The molecule has 5 heteroatoms. The maximum absolute atomic E-state index is 5.09. The molecule has 0 unspecified atom stereocenters. The van der Waals surface area contributed by atoms with E-state index in [2.05, 4.69) is 149 Å². The van der Waals surface area contributed by atoms with E-state index in [4.69, 9.17) is 15.0 Å². The minimum Gasteiger partial charge on any atom is -0.309 e. The van der Waals surface area contributed by atoms with Crippen LogP contribution in [0.2, 0.25) is 0 Å². The molecule has 0 aliphatic heterocycles. The molecule has 0 radical (unpaired) electrons. The summed E-state index contributed by atoms with van der Waals surface area (Å²) in [6, 6.07) is 70.3.